The van der Waals surface area contributed by atoms with E-state index in [9.17, 15) is 19.8 Å². The summed E-state index contributed by atoms with van der Waals surface area (Å²) >= 11 is 0. The molecule has 1 aliphatic carbocycles. The molecular weight excluding hydrogens is 272 g/mol. The Morgan fingerprint density at radius 3 is 2.29 bits per heavy atom. The summed E-state index contributed by atoms with van der Waals surface area (Å²) in [6.45, 7) is 2.32. The van der Waals surface area contributed by atoms with Crippen LogP contribution in [0.3, 0.4) is 0 Å². The first-order valence-electron chi connectivity index (χ1n) is 7.10. The van der Waals surface area contributed by atoms with E-state index in [0.717, 1.165) is 5.69 Å². The van der Waals surface area contributed by atoms with Crippen LogP contribution in [-0.4, -0.2) is 53.2 Å². The topological polar surface area (TPSA) is 81.1 Å². The Hall–Kier alpha value is -2.24. The number of amides is 1. The summed E-state index contributed by atoms with van der Waals surface area (Å²) in [7, 11) is 0. The Labute approximate surface area is 122 Å². The fourth-order valence-corrected chi connectivity index (χ4v) is 2.80. The number of phenols is 1. The zero-order valence-corrected chi connectivity index (χ0v) is 11.7. The molecule has 1 aliphatic heterocycles. The van der Waals surface area contributed by atoms with E-state index in [0.29, 0.717) is 39.0 Å². The highest BCUT2D eigenvalue weighted by Gasteiger charge is 2.58. The van der Waals surface area contributed by atoms with Gasteiger partial charge in [-0.05, 0) is 25.0 Å². The smallest absolute Gasteiger partial charge is 0.319 e. The second-order valence-electron chi connectivity index (χ2n) is 5.69. The fraction of sp³-hybridized carbons (Fsp3) is 0.467. The number of benzene rings is 1. The van der Waals surface area contributed by atoms with Gasteiger partial charge >= 0.3 is 5.97 Å². The third kappa shape index (κ3) is 2.41. The van der Waals surface area contributed by atoms with Gasteiger partial charge < -0.3 is 20.0 Å². The second-order valence-corrected chi connectivity index (χ2v) is 5.69. The molecule has 1 amide bonds. The van der Waals surface area contributed by atoms with Gasteiger partial charge in [-0.25, -0.2) is 0 Å². The van der Waals surface area contributed by atoms with Crippen molar-refractivity contribution in [1.82, 2.24) is 4.90 Å². The van der Waals surface area contributed by atoms with Crippen molar-refractivity contribution in [1.29, 1.82) is 0 Å². The molecule has 3 rings (SSSR count). The Morgan fingerprint density at radius 1 is 1.10 bits per heavy atom. The van der Waals surface area contributed by atoms with Crippen molar-refractivity contribution in [3.8, 4) is 5.75 Å². The lowest BCUT2D eigenvalue weighted by Gasteiger charge is -2.37. The lowest BCUT2D eigenvalue weighted by Crippen LogP contribution is -2.52. The summed E-state index contributed by atoms with van der Waals surface area (Å²) in [5.74, 6) is -1.03. The molecule has 0 unspecified atom stereocenters. The Balaban J connectivity index is 1.63. The SMILES string of the molecule is O=C(O)C1(C(=O)N2CCN(c3cccc(O)c3)CC2)CC1. The van der Waals surface area contributed by atoms with Crippen LogP contribution in [0.1, 0.15) is 12.8 Å². The number of piperazine rings is 1. The molecule has 1 heterocycles. The van der Waals surface area contributed by atoms with Crippen LogP contribution in [-0.2, 0) is 9.59 Å². The van der Waals surface area contributed by atoms with Crippen molar-refractivity contribution in [2.45, 2.75) is 12.8 Å². The van der Waals surface area contributed by atoms with Crippen molar-refractivity contribution in [2.75, 3.05) is 31.1 Å². The highest BCUT2D eigenvalue weighted by atomic mass is 16.4. The Bertz CT molecular complexity index is 575. The van der Waals surface area contributed by atoms with E-state index in [2.05, 4.69) is 4.90 Å². The lowest BCUT2D eigenvalue weighted by molar-refractivity contribution is -0.153. The molecule has 1 saturated heterocycles. The van der Waals surface area contributed by atoms with E-state index in [4.69, 9.17) is 0 Å². The summed E-state index contributed by atoms with van der Waals surface area (Å²) in [4.78, 5) is 27.3. The molecule has 2 N–H and O–H groups in total. The van der Waals surface area contributed by atoms with Crippen LogP contribution >= 0.6 is 0 Å². The maximum absolute atomic E-state index is 12.3. The van der Waals surface area contributed by atoms with E-state index < -0.39 is 11.4 Å². The van der Waals surface area contributed by atoms with Gasteiger partial charge in [0.1, 0.15) is 11.2 Å². The molecule has 0 atom stereocenters. The van der Waals surface area contributed by atoms with Gasteiger partial charge in [-0.3, -0.25) is 9.59 Å². The molecule has 0 bridgehead atoms. The van der Waals surface area contributed by atoms with Crippen LogP contribution in [0.5, 0.6) is 5.75 Å². The van der Waals surface area contributed by atoms with Crippen LogP contribution < -0.4 is 4.90 Å². The average molecular weight is 290 g/mol. The first-order chi connectivity index (χ1) is 10.0. The molecule has 0 spiro atoms. The van der Waals surface area contributed by atoms with Gasteiger partial charge in [0.25, 0.3) is 0 Å². The van der Waals surface area contributed by atoms with E-state index in [-0.39, 0.29) is 11.7 Å². The molecule has 1 aromatic carbocycles. The third-order valence-electron chi connectivity index (χ3n) is 4.33. The number of carbonyl (C=O) groups is 2. The monoisotopic (exact) mass is 290 g/mol. The summed E-state index contributed by atoms with van der Waals surface area (Å²) in [5.41, 5.74) is -0.228. The Kier molecular flexibility index (Phi) is 3.23. The predicted molar refractivity (Wildman–Crippen MR) is 76.2 cm³/mol. The van der Waals surface area contributed by atoms with Crippen molar-refractivity contribution in [2.24, 2.45) is 5.41 Å². The number of hydrogen-bond acceptors (Lipinski definition) is 4. The zero-order valence-electron chi connectivity index (χ0n) is 11.7. The van der Waals surface area contributed by atoms with Gasteiger partial charge in [0.15, 0.2) is 0 Å². The van der Waals surface area contributed by atoms with Crippen molar-refractivity contribution in [3.05, 3.63) is 24.3 Å². The number of aliphatic carboxylic acids is 1. The number of rotatable bonds is 3. The molecule has 2 aliphatic rings. The van der Waals surface area contributed by atoms with Crippen molar-refractivity contribution in [3.63, 3.8) is 0 Å². The van der Waals surface area contributed by atoms with Gasteiger partial charge in [0.2, 0.25) is 5.91 Å². The lowest BCUT2D eigenvalue weighted by atomic mass is 10.1. The summed E-state index contributed by atoms with van der Waals surface area (Å²) in [5, 5.41) is 18.7. The minimum absolute atomic E-state index is 0.216. The Morgan fingerprint density at radius 2 is 1.76 bits per heavy atom. The molecular formula is C15H18N2O4. The second kappa shape index (κ2) is 4.95. The number of nitrogens with zero attached hydrogens (tertiary/aromatic N) is 2. The van der Waals surface area contributed by atoms with Crippen LogP contribution in [0.25, 0.3) is 0 Å². The van der Waals surface area contributed by atoms with Crippen molar-refractivity contribution < 1.29 is 19.8 Å². The van der Waals surface area contributed by atoms with Gasteiger partial charge in [0, 0.05) is 37.9 Å². The van der Waals surface area contributed by atoms with E-state index in [1.54, 1.807) is 23.1 Å². The maximum Gasteiger partial charge on any atom is 0.319 e. The normalized spacial score (nSPS) is 20.2. The molecule has 112 valence electrons. The number of carbonyl (C=O) groups excluding carboxylic acids is 1. The standard InChI is InChI=1S/C15H18N2O4/c18-12-3-1-2-11(10-12)16-6-8-17(9-7-16)13(19)15(4-5-15)14(20)21/h1-3,10,18H,4-9H2,(H,20,21). The van der Waals surface area contributed by atoms with Gasteiger partial charge in [0.05, 0.1) is 0 Å². The van der Waals surface area contributed by atoms with Crippen LogP contribution in [0.15, 0.2) is 24.3 Å². The highest BCUT2D eigenvalue weighted by Crippen LogP contribution is 2.47. The molecule has 21 heavy (non-hydrogen) atoms. The van der Waals surface area contributed by atoms with Crippen LogP contribution in [0.2, 0.25) is 0 Å². The molecule has 1 saturated carbocycles. The van der Waals surface area contributed by atoms with E-state index >= 15 is 0 Å². The summed E-state index contributed by atoms with van der Waals surface area (Å²) in [6.07, 6.45) is 0.905. The predicted octanol–water partition coefficient (Wildman–Crippen LogP) is 0.906. The summed E-state index contributed by atoms with van der Waals surface area (Å²) in [6, 6.07) is 7.01. The third-order valence-corrected chi connectivity index (χ3v) is 4.33. The van der Waals surface area contributed by atoms with Gasteiger partial charge in [-0.2, -0.15) is 0 Å². The quantitative estimate of drug-likeness (QED) is 0.809. The largest absolute Gasteiger partial charge is 0.508 e. The number of anilines is 1. The average Bonchev–Trinajstić information content (AvgIpc) is 3.28. The first kappa shape index (κ1) is 13.7. The highest BCUT2D eigenvalue weighted by molar-refractivity contribution is 6.04. The molecule has 2 fully saturated rings. The molecule has 1 aromatic rings. The maximum atomic E-state index is 12.3. The van der Waals surface area contributed by atoms with E-state index in [1.807, 2.05) is 6.07 Å². The van der Waals surface area contributed by atoms with E-state index in [1.165, 1.54) is 0 Å². The minimum Gasteiger partial charge on any atom is -0.508 e. The molecule has 0 aromatic heterocycles. The molecule has 0 radical (unpaired) electrons. The number of carboxylic acids is 1. The number of aromatic hydroxyl groups is 1. The zero-order chi connectivity index (χ0) is 15.0. The summed E-state index contributed by atoms with van der Waals surface area (Å²) < 4.78 is 0. The molecule has 6 heteroatoms. The number of hydrogen-bond donors (Lipinski definition) is 2. The molecule has 6 nitrogen and oxygen atoms in total. The van der Waals surface area contributed by atoms with Crippen LogP contribution in [0.4, 0.5) is 5.69 Å². The van der Waals surface area contributed by atoms with Crippen molar-refractivity contribution >= 4 is 17.6 Å². The fourth-order valence-electron chi connectivity index (χ4n) is 2.80. The van der Waals surface area contributed by atoms with Gasteiger partial charge in [-0.1, -0.05) is 6.07 Å². The number of carboxylic acid groups (broad SMARTS) is 1. The first-order valence-corrected chi connectivity index (χ1v) is 7.10. The number of phenolic OH excluding ortho intramolecular Hbond substituents is 1. The van der Waals surface area contributed by atoms with Gasteiger partial charge in [-0.15, -0.1) is 0 Å². The minimum atomic E-state index is -1.15. The van der Waals surface area contributed by atoms with Crippen LogP contribution in [0, 0.1) is 5.41 Å².